The number of rotatable bonds is 10. The summed E-state index contributed by atoms with van der Waals surface area (Å²) in [6.07, 6.45) is 4.53. The van der Waals surface area contributed by atoms with Crippen molar-refractivity contribution in [2.45, 2.75) is 62.9 Å². The second-order valence-corrected chi connectivity index (χ2v) is 11.9. The summed E-state index contributed by atoms with van der Waals surface area (Å²) < 4.78 is 68.0. The van der Waals surface area contributed by atoms with Gasteiger partial charge in [-0.25, -0.2) is 0 Å². The average molecular weight is 561 g/mol. The van der Waals surface area contributed by atoms with Gasteiger partial charge in [0, 0.05) is 0 Å². The van der Waals surface area contributed by atoms with Gasteiger partial charge in [0.05, 0.1) is 23.0 Å². The molecule has 12 heteroatoms. The summed E-state index contributed by atoms with van der Waals surface area (Å²) in [6, 6.07) is 7.89. The summed E-state index contributed by atoms with van der Waals surface area (Å²) >= 11 is 0. The molecule has 204 valence electrons. The Kier molecular flexibility index (Phi) is 9.78. The number of hydrogen-bond donors (Lipinski definition) is 2. The zero-order valence-electron chi connectivity index (χ0n) is 22.1. The van der Waals surface area contributed by atoms with Crippen LogP contribution in [0.2, 0.25) is 0 Å². The van der Waals surface area contributed by atoms with Crippen molar-refractivity contribution in [2.24, 2.45) is 20.5 Å². The maximum absolute atomic E-state index is 12.1. The van der Waals surface area contributed by atoms with Gasteiger partial charge in [0.15, 0.2) is 0 Å². The highest BCUT2D eigenvalue weighted by Gasteiger charge is 2.20. The SMILES string of the molecule is C=C(C)N=NC(C)c1ccc(C=Cc2ccc(N=NC(C)(C)/C(C)=C/C)cc2S(=O)(=O)O)c(S(=O)(=O)O)c1. The third kappa shape index (κ3) is 8.35. The van der Waals surface area contributed by atoms with Crippen LogP contribution in [0.3, 0.4) is 0 Å². The molecule has 0 fully saturated rings. The second kappa shape index (κ2) is 12.0. The van der Waals surface area contributed by atoms with Gasteiger partial charge in [0.25, 0.3) is 20.2 Å². The van der Waals surface area contributed by atoms with Crippen LogP contribution in [-0.2, 0) is 20.2 Å². The Morgan fingerprint density at radius 1 is 0.947 bits per heavy atom. The Bertz CT molecular complexity index is 1550. The van der Waals surface area contributed by atoms with Crippen LogP contribution in [0, 0.1) is 0 Å². The third-order valence-electron chi connectivity index (χ3n) is 5.73. The summed E-state index contributed by atoms with van der Waals surface area (Å²) in [5.74, 6) is 0. The van der Waals surface area contributed by atoms with E-state index in [1.165, 1.54) is 42.5 Å². The van der Waals surface area contributed by atoms with E-state index in [0.717, 1.165) is 5.57 Å². The minimum absolute atomic E-state index is 0.0735. The minimum atomic E-state index is -4.67. The molecule has 0 spiro atoms. The number of allylic oxidation sites excluding steroid dienone is 2. The fourth-order valence-electron chi connectivity index (χ4n) is 3.16. The molecule has 38 heavy (non-hydrogen) atoms. The lowest BCUT2D eigenvalue weighted by atomic mass is 9.97. The molecule has 2 aromatic carbocycles. The van der Waals surface area contributed by atoms with Gasteiger partial charge < -0.3 is 0 Å². The van der Waals surface area contributed by atoms with Crippen LogP contribution < -0.4 is 0 Å². The van der Waals surface area contributed by atoms with Crippen molar-refractivity contribution in [1.29, 1.82) is 0 Å². The molecule has 2 rings (SSSR count). The molecule has 2 N–H and O–H groups in total. The highest BCUT2D eigenvalue weighted by molar-refractivity contribution is 7.86. The van der Waals surface area contributed by atoms with E-state index < -0.39 is 41.6 Å². The largest absolute Gasteiger partial charge is 0.295 e. The summed E-state index contributed by atoms with van der Waals surface area (Å²) in [6.45, 7) is 14.5. The number of azo groups is 2. The molecule has 0 heterocycles. The van der Waals surface area contributed by atoms with Crippen molar-refractivity contribution in [1.82, 2.24) is 0 Å². The summed E-state index contributed by atoms with van der Waals surface area (Å²) in [5.41, 5.74) is 1.66. The highest BCUT2D eigenvalue weighted by atomic mass is 32.2. The number of hydrogen-bond acceptors (Lipinski definition) is 8. The summed E-state index contributed by atoms with van der Waals surface area (Å²) in [7, 11) is -9.31. The zero-order chi connectivity index (χ0) is 28.9. The van der Waals surface area contributed by atoms with Gasteiger partial charge in [0.1, 0.15) is 9.79 Å². The molecular formula is C26H32N4O6S2. The molecule has 0 aliphatic carbocycles. The van der Waals surface area contributed by atoms with Crippen molar-refractivity contribution in [3.8, 4) is 0 Å². The molecule has 0 bridgehead atoms. The first-order chi connectivity index (χ1) is 17.5. The van der Waals surface area contributed by atoms with E-state index in [-0.39, 0.29) is 16.8 Å². The average Bonchev–Trinajstić information content (AvgIpc) is 2.83. The van der Waals surface area contributed by atoms with Gasteiger partial charge in [-0.15, -0.1) is 0 Å². The fourth-order valence-corrected chi connectivity index (χ4v) is 4.59. The van der Waals surface area contributed by atoms with Gasteiger partial charge in [-0.1, -0.05) is 43.0 Å². The molecule has 1 unspecified atom stereocenters. The van der Waals surface area contributed by atoms with Crippen LogP contribution in [0.15, 0.2) is 90.6 Å². The molecule has 0 aliphatic heterocycles. The van der Waals surface area contributed by atoms with E-state index in [1.54, 1.807) is 19.9 Å². The lowest BCUT2D eigenvalue weighted by Crippen LogP contribution is -2.17. The molecule has 0 aliphatic rings. The van der Waals surface area contributed by atoms with E-state index in [9.17, 15) is 25.9 Å². The molecule has 0 saturated heterocycles. The standard InChI is InChI=1S/C26H32N4O6S2/c1-8-18(4)26(6,7)30-29-23-14-13-21(25(16-23)38(34,35)36)10-9-20-11-12-22(15-24(20)37(31,32)33)19(5)28-27-17(2)3/h8-16,19H,2H2,1,3-7H3,(H,31,32,33)(H,34,35,36)/b10-9?,18-8+,28-27?,30-29?. The predicted molar refractivity (Wildman–Crippen MR) is 148 cm³/mol. The quantitative estimate of drug-likeness (QED) is 0.135. The Labute approximate surface area is 224 Å². The van der Waals surface area contributed by atoms with Crippen LogP contribution in [0.4, 0.5) is 5.69 Å². The predicted octanol–water partition coefficient (Wildman–Crippen LogP) is 7.23. The van der Waals surface area contributed by atoms with E-state index in [1.807, 2.05) is 33.8 Å². The monoisotopic (exact) mass is 560 g/mol. The van der Waals surface area contributed by atoms with Gasteiger partial charge in [-0.2, -0.15) is 37.3 Å². The Hall–Kier alpha value is -3.32. The van der Waals surface area contributed by atoms with Crippen LogP contribution in [-0.4, -0.2) is 31.5 Å². The van der Waals surface area contributed by atoms with E-state index in [4.69, 9.17) is 0 Å². The molecule has 0 saturated carbocycles. The number of benzene rings is 2. The maximum Gasteiger partial charge on any atom is 0.295 e. The van der Waals surface area contributed by atoms with Gasteiger partial charge in [0.2, 0.25) is 0 Å². The first-order valence-corrected chi connectivity index (χ1v) is 14.4. The Balaban J connectivity index is 2.55. The van der Waals surface area contributed by atoms with Crippen molar-refractivity contribution >= 4 is 38.1 Å². The van der Waals surface area contributed by atoms with Crippen LogP contribution >= 0.6 is 0 Å². The topological polar surface area (TPSA) is 158 Å². The third-order valence-corrected chi connectivity index (χ3v) is 7.55. The van der Waals surface area contributed by atoms with E-state index in [0.29, 0.717) is 11.3 Å². The number of nitrogens with zero attached hydrogens (tertiary/aromatic N) is 4. The van der Waals surface area contributed by atoms with E-state index in [2.05, 4.69) is 27.0 Å². The molecular weight excluding hydrogens is 528 g/mol. The van der Waals surface area contributed by atoms with Gasteiger partial charge in [-0.3, -0.25) is 9.11 Å². The highest BCUT2D eigenvalue weighted by Crippen LogP contribution is 2.29. The molecule has 2 aromatic rings. The molecule has 1 atom stereocenters. The van der Waals surface area contributed by atoms with Crippen molar-refractivity contribution in [3.63, 3.8) is 0 Å². The smallest absolute Gasteiger partial charge is 0.282 e. The van der Waals surface area contributed by atoms with E-state index >= 15 is 0 Å². The summed E-state index contributed by atoms with van der Waals surface area (Å²) in [4.78, 5) is -0.839. The molecule has 0 amide bonds. The van der Waals surface area contributed by atoms with Crippen molar-refractivity contribution < 1.29 is 25.9 Å². The normalized spacial score (nSPS) is 14.6. The molecule has 0 aromatic heterocycles. The lowest BCUT2D eigenvalue weighted by molar-refractivity contribution is 0.480. The molecule has 10 nitrogen and oxygen atoms in total. The molecule has 0 radical (unpaired) electrons. The first-order valence-electron chi connectivity index (χ1n) is 11.5. The van der Waals surface area contributed by atoms with Crippen LogP contribution in [0.1, 0.15) is 64.3 Å². The van der Waals surface area contributed by atoms with Gasteiger partial charge in [-0.05, 0) is 82.0 Å². The van der Waals surface area contributed by atoms with Crippen molar-refractivity contribution in [2.75, 3.05) is 0 Å². The van der Waals surface area contributed by atoms with Crippen LogP contribution in [0.5, 0.6) is 0 Å². The van der Waals surface area contributed by atoms with Crippen LogP contribution in [0.25, 0.3) is 12.2 Å². The second-order valence-electron chi connectivity index (χ2n) is 9.16. The lowest BCUT2D eigenvalue weighted by Gasteiger charge is -2.18. The minimum Gasteiger partial charge on any atom is -0.282 e. The fraction of sp³-hybridized carbons (Fsp3) is 0.308. The Morgan fingerprint density at radius 3 is 1.97 bits per heavy atom. The Morgan fingerprint density at radius 2 is 1.47 bits per heavy atom. The maximum atomic E-state index is 12.1. The van der Waals surface area contributed by atoms with Crippen molar-refractivity contribution in [3.05, 3.63) is 77.0 Å². The summed E-state index contributed by atoms with van der Waals surface area (Å²) in [5, 5.41) is 16.3. The zero-order valence-corrected chi connectivity index (χ0v) is 23.7. The first kappa shape index (κ1) is 30.9. The van der Waals surface area contributed by atoms with Gasteiger partial charge >= 0.3 is 0 Å².